The summed E-state index contributed by atoms with van der Waals surface area (Å²) >= 11 is 0. The van der Waals surface area contributed by atoms with Crippen molar-refractivity contribution in [2.24, 2.45) is 0 Å². The summed E-state index contributed by atoms with van der Waals surface area (Å²) in [7, 11) is -3.77. The number of hydrogen-bond donors (Lipinski definition) is 1. The van der Waals surface area contributed by atoms with E-state index in [1.807, 2.05) is 0 Å². The van der Waals surface area contributed by atoms with Crippen molar-refractivity contribution in [3.8, 4) is 0 Å². The zero-order chi connectivity index (χ0) is 21.1. The molecule has 0 fully saturated rings. The Labute approximate surface area is 165 Å². The first-order chi connectivity index (χ1) is 13.7. The van der Waals surface area contributed by atoms with E-state index in [1.165, 1.54) is 36.8 Å². The maximum atomic E-state index is 13.8. The number of pyridine rings is 2. The summed E-state index contributed by atoms with van der Waals surface area (Å²) in [5.74, 6) is -2.32. The standard InChI is InChI=1S/C18H18F3N5O2S/c1-2-8-29(27,28)26-17-15(24-16-11-23-7-5-14(16)25-17)9-13(18(19,20)21)12-4-3-6-22-10-12/h3-7,10-11,13H,2,8-9H2,1H3,(H,25,26). The van der Waals surface area contributed by atoms with Crippen LogP contribution in [0.3, 0.4) is 0 Å². The predicted octanol–water partition coefficient (Wildman–Crippen LogP) is 3.46. The summed E-state index contributed by atoms with van der Waals surface area (Å²) in [6.45, 7) is 1.68. The third kappa shape index (κ3) is 5.17. The highest BCUT2D eigenvalue weighted by atomic mass is 32.2. The minimum absolute atomic E-state index is 0.0459. The molecule has 29 heavy (non-hydrogen) atoms. The van der Waals surface area contributed by atoms with Crippen LogP contribution in [-0.2, 0) is 16.4 Å². The number of halogens is 3. The van der Waals surface area contributed by atoms with Gasteiger partial charge in [-0.2, -0.15) is 13.2 Å². The van der Waals surface area contributed by atoms with Gasteiger partial charge in [0.05, 0.1) is 29.1 Å². The second kappa shape index (κ2) is 8.27. The number of nitrogens with one attached hydrogen (secondary N) is 1. The molecule has 3 aromatic rings. The number of anilines is 1. The van der Waals surface area contributed by atoms with Crippen molar-refractivity contribution in [1.82, 2.24) is 19.9 Å². The van der Waals surface area contributed by atoms with Gasteiger partial charge in [0.25, 0.3) is 0 Å². The molecule has 0 saturated heterocycles. The van der Waals surface area contributed by atoms with E-state index < -0.39 is 28.5 Å². The third-order valence-electron chi connectivity index (χ3n) is 4.14. The molecule has 7 nitrogen and oxygen atoms in total. The number of rotatable bonds is 7. The van der Waals surface area contributed by atoms with E-state index >= 15 is 0 Å². The van der Waals surface area contributed by atoms with Gasteiger partial charge in [-0.25, -0.2) is 18.4 Å². The molecular weight excluding hydrogens is 407 g/mol. The zero-order valence-corrected chi connectivity index (χ0v) is 16.2. The number of aromatic nitrogens is 4. The van der Waals surface area contributed by atoms with Gasteiger partial charge in [-0.15, -0.1) is 0 Å². The summed E-state index contributed by atoms with van der Waals surface area (Å²) in [5.41, 5.74) is 0.433. The van der Waals surface area contributed by atoms with Crippen molar-refractivity contribution in [2.45, 2.75) is 31.9 Å². The zero-order valence-electron chi connectivity index (χ0n) is 15.4. The molecule has 0 aliphatic heterocycles. The van der Waals surface area contributed by atoms with Crippen molar-refractivity contribution in [3.63, 3.8) is 0 Å². The van der Waals surface area contributed by atoms with E-state index in [1.54, 1.807) is 6.92 Å². The summed E-state index contributed by atoms with van der Waals surface area (Å²) < 4.78 is 68.0. The largest absolute Gasteiger partial charge is 0.396 e. The van der Waals surface area contributed by atoms with E-state index in [-0.39, 0.29) is 28.3 Å². The Balaban J connectivity index is 2.09. The highest BCUT2D eigenvalue weighted by molar-refractivity contribution is 7.92. The molecule has 3 heterocycles. The molecule has 1 N–H and O–H groups in total. The Hall–Kier alpha value is -2.82. The van der Waals surface area contributed by atoms with Crippen molar-refractivity contribution in [1.29, 1.82) is 0 Å². The maximum absolute atomic E-state index is 13.8. The van der Waals surface area contributed by atoms with Crippen LogP contribution in [0.15, 0.2) is 43.0 Å². The van der Waals surface area contributed by atoms with Crippen LogP contribution in [0.5, 0.6) is 0 Å². The molecule has 3 aromatic heterocycles. The summed E-state index contributed by atoms with van der Waals surface area (Å²) in [4.78, 5) is 16.1. The predicted molar refractivity (Wildman–Crippen MR) is 102 cm³/mol. The van der Waals surface area contributed by atoms with Crippen LogP contribution in [0, 0.1) is 0 Å². The molecule has 0 spiro atoms. The van der Waals surface area contributed by atoms with Crippen molar-refractivity contribution in [2.75, 3.05) is 10.5 Å². The minimum Gasteiger partial charge on any atom is -0.266 e. The van der Waals surface area contributed by atoms with Crippen LogP contribution in [-0.4, -0.2) is 40.3 Å². The first-order valence-corrected chi connectivity index (χ1v) is 10.4. The lowest BCUT2D eigenvalue weighted by molar-refractivity contribution is -0.150. The highest BCUT2D eigenvalue weighted by Gasteiger charge is 2.41. The average molecular weight is 425 g/mol. The lowest BCUT2D eigenvalue weighted by Gasteiger charge is -2.21. The molecule has 154 valence electrons. The SMILES string of the molecule is CCCS(=O)(=O)Nc1nc2ccncc2nc1CC(c1cccnc1)C(F)(F)F. The quantitative estimate of drug-likeness (QED) is 0.623. The van der Waals surface area contributed by atoms with Gasteiger partial charge in [-0.1, -0.05) is 13.0 Å². The Bertz CT molecular complexity index is 1090. The fourth-order valence-electron chi connectivity index (χ4n) is 2.83. The summed E-state index contributed by atoms with van der Waals surface area (Å²) in [5, 5.41) is 0. The average Bonchev–Trinajstić information content (AvgIpc) is 2.65. The van der Waals surface area contributed by atoms with Gasteiger partial charge in [-0.05, 0) is 24.1 Å². The van der Waals surface area contributed by atoms with Crippen LogP contribution >= 0.6 is 0 Å². The van der Waals surface area contributed by atoms with Gasteiger partial charge in [0, 0.05) is 25.0 Å². The van der Waals surface area contributed by atoms with E-state index in [0.717, 1.165) is 6.20 Å². The van der Waals surface area contributed by atoms with E-state index in [9.17, 15) is 21.6 Å². The minimum atomic E-state index is -4.59. The second-order valence-corrected chi connectivity index (χ2v) is 8.23. The van der Waals surface area contributed by atoms with Gasteiger partial charge in [0.15, 0.2) is 5.82 Å². The normalized spacial score (nSPS) is 13.4. The molecule has 0 aliphatic rings. The number of alkyl halides is 3. The molecule has 11 heteroatoms. The third-order valence-corrected chi connectivity index (χ3v) is 5.59. The Morgan fingerprint density at radius 1 is 1.07 bits per heavy atom. The number of nitrogens with zero attached hydrogens (tertiary/aromatic N) is 4. The van der Waals surface area contributed by atoms with Crippen LogP contribution < -0.4 is 4.72 Å². The first kappa shape index (κ1) is 20.9. The lowest BCUT2D eigenvalue weighted by atomic mass is 9.94. The Kier molecular flexibility index (Phi) is 5.96. The molecule has 1 atom stereocenters. The Morgan fingerprint density at radius 3 is 2.48 bits per heavy atom. The van der Waals surface area contributed by atoms with Crippen molar-refractivity contribution >= 4 is 26.9 Å². The monoisotopic (exact) mass is 425 g/mol. The topological polar surface area (TPSA) is 97.7 Å². The van der Waals surface area contributed by atoms with Gasteiger partial charge in [-0.3, -0.25) is 14.7 Å². The van der Waals surface area contributed by atoms with Gasteiger partial charge >= 0.3 is 6.18 Å². The molecule has 0 radical (unpaired) electrons. The molecule has 0 amide bonds. The van der Waals surface area contributed by atoms with Gasteiger partial charge < -0.3 is 0 Å². The number of fused-ring (bicyclic) bond motifs is 1. The fourth-order valence-corrected chi connectivity index (χ4v) is 3.93. The molecule has 0 bridgehead atoms. The number of sulfonamides is 1. The van der Waals surface area contributed by atoms with E-state index in [4.69, 9.17) is 0 Å². The second-order valence-electron chi connectivity index (χ2n) is 6.39. The fraction of sp³-hybridized carbons (Fsp3) is 0.333. The molecular formula is C18H18F3N5O2S. The van der Waals surface area contributed by atoms with Crippen LogP contribution in [0.4, 0.5) is 19.0 Å². The van der Waals surface area contributed by atoms with Gasteiger partial charge in [0.2, 0.25) is 10.0 Å². The maximum Gasteiger partial charge on any atom is 0.396 e. The van der Waals surface area contributed by atoms with Crippen LogP contribution in [0.25, 0.3) is 11.0 Å². The molecule has 0 saturated carbocycles. The molecule has 0 aromatic carbocycles. The molecule has 1 unspecified atom stereocenters. The first-order valence-electron chi connectivity index (χ1n) is 8.77. The molecule has 3 rings (SSSR count). The lowest BCUT2D eigenvalue weighted by Crippen LogP contribution is -2.25. The smallest absolute Gasteiger partial charge is 0.266 e. The highest BCUT2D eigenvalue weighted by Crippen LogP contribution is 2.38. The van der Waals surface area contributed by atoms with Crippen LogP contribution in [0.2, 0.25) is 0 Å². The van der Waals surface area contributed by atoms with Crippen LogP contribution in [0.1, 0.15) is 30.5 Å². The van der Waals surface area contributed by atoms with E-state index in [0.29, 0.717) is 11.9 Å². The van der Waals surface area contributed by atoms with Gasteiger partial charge in [0.1, 0.15) is 5.52 Å². The summed E-state index contributed by atoms with van der Waals surface area (Å²) in [6.07, 6.45) is 0.470. The molecule has 0 aliphatic carbocycles. The van der Waals surface area contributed by atoms with E-state index in [2.05, 4.69) is 24.7 Å². The van der Waals surface area contributed by atoms with Crippen molar-refractivity contribution < 1.29 is 21.6 Å². The van der Waals surface area contributed by atoms with Crippen molar-refractivity contribution in [3.05, 3.63) is 54.2 Å². The number of hydrogen-bond acceptors (Lipinski definition) is 6. The Morgan fingerprint density at radius 2 is 1.83 bits per heavy atom. The summed E-state index contributed by atoms with van der Waals surface area (Å²) in [6, 6.07) is 4.24.